The molecule has 3 nitrogen and oxygen atoms in total. The van der Waals surface area contributed by atoms with Crippen molar-refractivity contribution in [2.24, 2.45) is 5.73 Å². The van der Waals surface area contributed by atoms with Gasteiger partial charge in [0.05, 0.1) is 17.1 Å². The van der Waals surface area contributed by atoms with E-state index in [1.54, 1.807) is 0 Å². The van der Waals surface area contributed by atoms with Crippen LogP contribution in [0, 0.1) is 0 Å². The molecule has 86 valence electrons. The highest BCUT2D eigenvalue weighted by atomic mass is 79.9. The molecule has 1 aromatic heterocycles. The van der Waals surface area contributed by atoms with E-state index >= 15 is 0 Å². The van der Waals surface area contributed by atoms with Crippen LogP contribution in [0.4, 0.5) is 0 Å². The zero-order valence-electron chi connectivity index (χ0n) is 9.57. The standard InChI is InChI=1S/C12H16BrN3/c1-3-6-16-11-5-4-9(13)7-10(11)15-12(16)8(2)14/h4-5,7-8H,3,6,14H2,1-2H3. The molecule has 16 heavy (non-hydrogen) atoms. The molecule has 4 heteroatoms. The average molecular weight is 282 g/mol. The second-order valence-electron chi connectivity index (χ2n) is 4.04. The predicted molar refractivity (Wildman–Crippen MR) is 70.3 cm³/mol. The van der Waals surface area contributed by atoms with Crippen LogP contribution in [0.25, 0.3) is 11.0 Å². The molecule has 1 atom stereocenters. The van der Waals surface area contributed by atoms with Crippen molar-refractivity contribution in [3.05, 3.63) is 28.5 Å². The maximum atomic E-state index is 5.95. The van der Waals surface area contributed by atoms with Gasteiger partial charge in [-0.3, -0.25) is 0 Å². The number of halogens is 1. The number of nitrogens with zero attached hydrogens (tertiary/aromatic N) is 2. The maximum Gasteiger partial charge on any atom is 0.126 e. The summed E-state index contributed by atoms with van der Waals surface area (Å²) < 4.78 is 3.27. The second-order valence-corrected chi connectivity index (χ2v) is 4.96. The average Bonchev–Trinajstić information content (AvgIpc) is 2.57. The Kier molecular flexibility index (Phi) is 3.30. The van der Waals surface area contributed by atoms with E-state index in [0.717, 1.165) is 34.3 Å². The predicted octanol–water partition coefficient (Wildman–Crippen LogP) is 3.23. The van der Waals surface area contributed by atoms with Gasteiger partial charge in [-0.1, -0.05) is 22.9 Å². The van der Waals surface area contributed by atoms with Gasteiger partial charge in [-0.05, 0) is 31.5 Å². The minimum absolute atomic E-state index is 0.0299. The molecule has 2 aromatic rings. The molecule has 0 saturated carbocycles. The first-order chi connectivity index (χ1) is 7.63. The molecule has 0 aliphatic carbocycles. The fourth-order valence-corrected chi connectivity index (χ4v) is 2.28. The van der Waals surface area contributed by atoms with Crippen LogP contribution in [0.3, 0.4) is 0 Å². The van der Waals surface area contributed by atoms with E-state index in [4.69, 9.17) is 5.73 Å². The van der Waals surface area contributed by atoms with E-state index < -0.39 is 0 Å². The van der Waals surface area contributed by atoms with Crippen molar-refractivity contribution in [1.82, 2.24) is 9.55 Å². The minimum Gasteiger partial charge on any atom is -0.327 e. The fraction of sp³-hybridized carbons (Fsp3) is 0.417. The Morgan fingerprint density at radius 3 is 2.88 bits per heavy atom. The Hall–Kier alpha value is -0.870. The van der Waals surface area contributed by atoms with Crippen molar-refractivity contribution >= 4 is 27.0 Å². The van der Waals surface area contributed by atoms with Gasteiger partial charge in [-0.15, -0.1) is 0 Å². The molecule has 0 aliphatic rings. The molecule has 0 amide bonds. The summed E-state index contributed by atoms with van der Waals surface area (Å²) in [6, 6.07) is 6.14. The lowest BCUT2D eigenvalue weighted by Gasteiger charge is -2.09. The smallest absolute Gasteiger partial charge is 0.126 e. The fourth-order valence-electron chi connectivity index (χ4n) is 1.93. The molecule has 2 rings (SSSR count). The third-order valence-corrected chi connectivity index (χ3v) is 3.09. The quantitative estimate of drug-likeness (QED) is 0.939. The lowest BCUT2D eigenvalue weighted by molar-refractivity contribution is 0.613. The third-order valence-electron chi connectivity index (χ3n) is 2.59. The van der Waals surface area contributed by atoms with Gasteiger partial charge >= 0.3 is 0 Å². The number of aryl methyl sites for hydroxylation is 1. The summed E-state index contributed by atoms with van der Waals surface area (Å²) in [4.78, 5) is 4.60. The van der Waals surface area contributed by atoms with Gasteiger partial charge in [0.25, 0.3) is 0 Å². The summed E-state index contributed by atoms with van der Waals surface area (Å²) in [5.41, 5.74) is 8.13. The summed E-state index contributed by atoms with van der Waals surface area (Å²) >= 11 is 3.46. The van der Waals surface area contributed by atoms with Gasteiger partial charge in [0.1, 0.15) is 5.82 Å². The first kappa shape index (κ1) is 11.6. The van der Waals surface area contributed by atoms with E-state index in [1.165, 1.54) is 0 Å². The molecule has 0 bridgehead atoms. The van der Waals surface area contributed by atoms with E-state index in [9.17, 15) is 0 Å². The Balaban J connectivity index is 2.65. The largest absolute Gasteiger partial charge is 0.327 e. The van der Waals surface area contributed by atoms with E-state index in [-0.39, 0.29) is 6.04 Å². The molecular formula is C12H16BrN3. The Morgan fingerprint density at radius 2 is 2.25 bits per heavy atom. The normalized spacial score (nSPS) is 13.2. The highest BCUT2D eigenvalue weighted by Gasteiger charge is 2.13. The molecule has 0 fully saturated rings. The molecule has 0 spiro atoms. The number of nitrogens with two attached hydrogens (primary N) is 1. The number of fused-ring (bicyclic) bond motifs is 1. The number of hydrogen-bond acceptors (Lipinski definition) is 2. The zero-order chi connectivity index (χ0) is 11.7. The number of rotatable bonds is 3. The highest BCUT2D eigenvalue weighted by Crippen LogP contribution is 2.23. The second kappa shape index (κ2) is 4.55. The van der Waals surface area contributed by atoms with Gasteiger partial charge in [0.15, 0.2) is 0 Å². The van der Waals surface area contributed by atoms with Crippen LogP contribution in [0.5, 0.6) is 0 Å². The van der Waals surface area contributed by atoms with Crippen molar-refractivity contribution in [2.45, 2.75) is 32.9 Å². The van der Waals surface area contributed by atoms with Gasteiger partial charge < -0.3 is 10.3 Å². The van der Waals surface area contributed by atoms with Crippen molar-refractivity contribution in [3.63, 3.8) is 0 Å². The summed E-state index contributed by atoms with van der Waals surface area (Å²) in [5, 5.41) is 0. The Labute approximate surface area is 104 Å². The van der Waals surface area contributed by atoms with Crippen LogP contribution in [-0.4, -0.2) is 9.55 Å². The maximum absolute atomic E-state index is 5.95. The SMILES string of the molecule is CCCn1c(C(C)N)nc2cc(Br)ccc21. The van der Waals surface area contributed by atoms with Gasteiger partial charge in [0.2, 0.25) is 0 Å². The van der Waals surface area contributed by atoms with Crippen molar-refractivity contribution in [1.29, 1.82) is 0 Å². The third kappa shape index (κ3) is 1.99. The molecule has 1 aromatic carbocycles. The molecule has 0 radical (unpaired) electrons. The van der Waals surface area contributed by atoms with Gasteiger partial charge in [-0.25, -0.2) is 4.98 Å². The first-order valence-electron chi connectivity index (χ1n) is 5.54. The van der Waals surface area contributed by atoms with Gasteiger partial charge in [0, 0.05) is 11.0 Å². The summed E-state index contributed by atoms with van der Waals surface area (Å²) in [6.07, 6.45) is 1.08. The Bertz CT molecular complexity index is 502. The monoisotopic (exact) mass is 281 g/mol. The molecule has 2 N–H and O–H groups in total. The van der Waals surface area contributed by atoms with Crippen LogP contribution in [0.15, 0.2) is 22.7 Å². The minimum atomic E-state index is -0.0299. The van der Waals surface area contributed by atoms with Crippen molar-refractivity contribution in [2.75, 3.05) is 0 Å². The summed E-state index contributed by atoms with van der Waals surface area (Å²) in [6.45, 7) is 5.10. The molecular weight excluding hydrogens is 266 g/mol. The zero-order valence-corrected chi connectivity index (χ0v) is 11.2. The van der Waals surface area contributed by atoms with Crippen molar-refractivity contribution < 1.29 is 0 Å². The highest BCUT2D eigenvalue weighted by molar-refractivity contribution is 9.10. The van der Waals surface area contributed by atoms with Crippen LogP contribution in [0.1, 0.15) is 32.1 Å². The number of hydrogen-bond donors (Lipinski definition) is 1. The Morgan fingerprint density at radius 1 is 1.50 bits per heavy atom. The van der Waals surface area contributed by atoms with E-state index in [0.29, 0.717) is 0 Å². The van der Waals surface area contributed by atoms with Crippen LogP contribution < -0.4 is 5.73 Å². The molecule has 1 unspecified atom stereocenters. The summed E-state index contributed by atoms with van der Waals surface area (Å²) in [5.74, 6) is 0.968. The van der Waals surface area contributed by atoms with Crippen LogP contribution in [-0.2, 0) is 6.54 Å². The molecule has 1 heterocycles. The first-order valence-corrected chi connectivity index (χ1v) is 6.34. The molecule has 0 aliphatic heterocycles. The summed E-state index contributed by atoms with van der Waals surface area (Å²) in [7, 11) is 0. The van der Waals surface area contributed by atoms with E-state index in [2.05, 4.69) is 38.5 Å². The molecule has 0 saturated heterocycles. The number of benzene rings is 1. The number of imidazole rings is 1. The topological polar surface area (TPSA) is 43.8 Å². The lowest BCUT2D eigenvalue weighted by Crippen LogP contribution is -2.13. The lowest BCUT2D eigenvalue weighted by atomic mass is 10.3. The number of aromatic nitrogens is 2. The van der Waals surface area contributed by atoms with Crippen LogP contribution in [0.2, 0.25) is 0 Å². The van der Waals surface area contributed by atoms with Crippen molar-refractivity contribution in [3.8, 4) is 0 Å². The van der Waals surface area contributed by atoms with Crippen LogP contribution >= 0.6 is 15.9 Å². The van der Waals surface area contributed by atoms with Gasteiger partial charge in [-0.2, -0.15) is 0 Å². The van der Waals surface area contributed by atoms with E-state index in [1.807, 2.05) is 19.1 Å².